The fourth-order valence-corrected chi connectivity index (χ4v) is 4.62. The lowest BCUT2D eigenvalue weighted by atomic mass is 10.2. The van der Waals surface area contributed by atoms with Gasteiger partial charge in [-0.1, -0.05) is 6.42 Å². The second-order valence-electron chi connectivity index (χ2n) is 6.61. The summed E-state index contributed by atoms with van der Waals surface area (Å²) in [5.74, 6) is 4.56. The molecule has 0 spiro atoms. The highest BCUT2D eigenvalue weighted by molar-refractivity contribution is 8.00. The van der Waals surface area contributed by atoms with E-state index >= 15 is 0 Å². The second kappa shape index (κ2) is 9.30. The molecule has 1 unspecified atom stereocenters. The van der Waals surface area contributed by atoms with Crippen LogP contribution in [0.3, 0.4) is 0 Å². The number of hydrogen-bond donors (Lipinski definition) is 2. The molecule has 0 radical (unpaired) electrons. The molecule has 1 atom stereocenters. The molecule has 134 valence electrons. The molecule has 1 aromatic rings. The van der Waals surface area contributed by atoms with Gasteiger partial charge >= 0.3 is 0 Å². The van der Waals surface area contributed by atoms with Crippen LogP contribution in [0.2, 0.25) is 0 Å². The van der Waals surface area contributed by atoms with E-state index in [0.717, 1.165) is 55.9 Å². The normalized spacial score (nSPS) is 21.4. The Hall–Kier alpha value is -1.24. The third kappa shape index (κ3) is 4.88. The SMILES string of the molecule is CN=C(NCCCc1nnc2n1CCCCC2)NCC1CCCS1. The highest BCUT2D eigenvalue weighted by atomic mass is 32.2. The average Bonchev–Trinajstić information content (AvgIpc) is 3.19. The first-order chi connectivity index (χ1) is 11.9. The van der Waals surface area contributed by atoms with Crippen LogP contribution in [0.5, 0.6) is 0 Å². The zero-order valence-electron chi connectivity index (χ0n) is 14.8. The summed E-state index contributed by atoms with van der Waals surface area (Å²) in [6.07, 6.45) is 9.62. The summed E-state index contributed by atoms with van der Waals surface area (Å²) in [5.41, 5.74) is 0. The number of aryl methyl sites for hydroxylation is 2. The second-order valence-corrected chi connectivity index (χ2v) is 8.02. The first kappa shape index (κ1) is 17.6. The molecule has 0 aliphatic carbocycles. The zero-order chi connectivity index (χ0) is 16.6. The van der Waals surface area contributed by atoms with Gasteiger partial charge in [0.25, 0.3) is 0 Å². The third-order valence-electron chi connectivity index (χ3n) is 4.80. The monoisotopic (exact) mass is 350 g/mol. The number of thioether (sulfide) groups is 1. The van der Waals surface area contributed by atoms with E-state index in [-0.39, 0.29) is 0 Å². The molecule has 1 aromatic heterocycles. The molecule has 2 aliphatic heterocycles. The van der Waals surface area contributed by atoms with Gasteiger partial charge in [-0.3, -0.25) is 4.99 Å². The molecule has 7 heteroatoms. The lowest BCUT2D eigenvalue weighted by Gasteiger charge is -2.14. The fourth-order valence-electron chi connectivity index (χ4n) is 3.42. The third-order valence-corrected chi connectivity index (χ3v) is 6.20. The first-order valence-electron chi connectivity index (χ1n) is 9.34. The highest BCUT2D eigenvalue weighted by Crippen LogP contribution is 2.25. The Bertz CT molecular complexity index is 535. The average molecular weight is 351 g/mol. The van der Waals surface area contributed by atoms with E-state index in [1.807, 2.05) is 7.05 Å². The lowest BCUT2D eigenvalue weighted by molar-refractivity contribution is 0.593. The number of fused-ring (bicyclic) bond motifs is 1. The largest absolute Gasteiger partial charge is 0.356 e. The van der Waals surface area contributed by atoms with Crippen molar-refractivity contribution in [1.82, 2.24) is 25.4 Å². The van der Waals surface area contributed by atoms with Crippen molar-refractivity contribution in [3.63, 3.8) is 0 Å². The Balaban J connectivity index is 1.37. The van der Waals surface area contributed by atoms with Crippen molar-refractivity contribution in [2.24, 2.45) is 4.99 Å². The molecule has 2 aliphatic rings. The standard InChI is InChI=1S/C17H30N6S/c1-18-17(20-13-14-7-6-12-24-14)19-10-5-9-16-22-21-15-8-3-2-4-11-23(15)16/h14H,2-13H2,1H3,(H2,18,19,20). The van der Waals surface area contributed by atoms with Gasteiger partial charge in [-0.25, -0.2) is 0 Å². The summed E-state index contributed by atoms with van der Waals surface area (Å²) in [5, 5.41) is 16.4. The van der Waals surface area contributed by atoms with Crippen molar-refractivity contribution in [3.8, 4) is 0 Å². The molecular weight excluding hydrogens is 320 g/mol. The Morgan fingerprint density at radius 3 is 3.04 bits per heavy atom. The summed E-state index contributed by atoms with van der Waals surface area (Å²) in [7, 11) is 1.84. The summed E-state index contributed by atoms with van der Waals surface area (Å²) in [6, 6.07) is 0. The van der Waals surface area contributed by atoms with E-state index < -0.39 is 0 Å². The molecule has 24 heavy (non-hydrogen) atoms. The minimum absolute atomic E-state index is 0.745. The molecular formula is C17H30N6S. The minimum Gasteiger partial charge on any atom is -0.356 e. The van der Waals surface area contributed by atoms with Gasteiger partial charge in [-0.2, -0.15) is 11.8 Å². The maximum absolute atomic E-state index is 4.40. The predicted octanol–water partition coefficient (Wildman–Crippen LogP) is 2.00. The maximum atomic E-state index is 4.40. The van der Waals surface area contributed by atoms with Crippen LogP contribution in [0.4, 0.5) is 0 Å². The van der Waals surface area contributed by atoms with Gasteiger partial charge in [0, 0.05) is 44.8 Å². The molecule has 3 rings (SSSR count). The molecule has 2 N–H and O–H groups in total. The number of rotatable bonds is 6. The van der Waals surface area contributed by atoms with Crippen LogP contribution in [-0.2, 0) is 19.4 Å². The van der Waals surface area contributed by atoms with Gasteiger partial charge < -0.3 is 15.2 Å². The van der Waals surface area contributed by atoms with Crippen LogP contribution in [0, 0.1) is 0 Å². The van der Waals surface area contributed by atoms with Crippen molar-refractivity contribution in [2.45, 2.75) is 63.2 Å². The Kier molecular flexibility index (Phi) is 6.81. The predicted molar refractivity (Wildman–Crippen MR) is 101 cm³/mol. The van der Waals surface area contributed by atoms with E-state index in [1.54, 1.807) is 0 Å². The molecule has 6 nitrogen and oxygen atoms in total. The van der Waals surface area contributed by atoms with E-state index in [9.17, 15) is 0 Å². The molecule has 1 fully saturated rings. The number of aromatic nitrogens is 3. The van der Waals surface area contributed by atoms with Crippen molar-refractivity contribution in [3.05, 3.63) is 11.6 Å². The van der Waals surface area contributed by atoms with Crippen LogP contribution in [0.25, 0.3) is 0 Å². The summed E-state index contributed by atoms with van der Waals surface area (Å²) in [6.45, 7) is 3.02. The molecule has 0 aromatic carbocycles. The van der Waals surface area contributed by atoms with Crippen LogP contribution in [0.1, 0.15) is 50.2 Å². The number of nitrogens with one attached hydrogen (secondary N) is 2. The van der Waals surface area contributed by atoms with E-state index in [0.29, 0.717) is 0 Å². The number of aliphatic imine (C=N–C) groups is 1. The van der Waals surface area contributed by atoms with Crippen molar-refractivity contribution < 1.29 is 0 Å². The van der Waals surface area contributed by atoms with Crippen molar-refractivity contribution >= 4 is 17.7 Å². The van der Waals surface area contributed by atoms with Gasteiger partial charge in [0.1, 0.15) is 11.6 Å². The molecule has 1 saturated heterocycles. The quantitative estimate of drug-likeness (QED) is 0.467. The first-order valence-corrected chi connectivity index (χ1v) is 10.4. The Labute approximate surface area is 149 Å². The van der Waals surface area contributed by atoms with Crippen LogP contribution >= 0.6 is 11.8 Å². The highest BCUT2D eigenvalue weighted by Gasteiger charge is 2.16. The lowest BCUT2D eigenvalue weighted by Crippen LogP contribution is -2.40. The smallest absolute Gasteiger partial charge is 0.191 e. The fraction of sp³-hybridized carbons (Fsp3) is 0.824. The van der Waals surface area contributed by atoms with Crippen molar-refractivity contribution in [2.75, 3.05) is 25.9 Å². The van der Waals surface area contributed by atoms with Crippen molar-refractivity contribution in [1.29, 1.82) is 0 Å². The minimum atomic E-state index is 0.745. The van der Waals surface area contributed by atoms with E-state index in [1.165, 1.54) is 43.7 Å². The zero-order valence-corrected chi connectivity index (χ0v) is 15.6. The number of hydrogen-bond acceptors (Lipinski definition) is 4. The Morgan fingerprint density at radius 1 is 1.25 bits per heavy atom. The number of guanidine groups is 1. The summed E-state index contributed by atoms with van der Waals surface area (Å²) >= 11 is 2.07. The van der Waals surface area contributed by atoms with Crippen LogP contribution < -0.4 is 10.6 Å². The van der Waals surface area contributed by atoms with Crippen LogP contribution in [0.15, 0.2) is 4.99 Å². The summed E-state index contributed by atoms with van der Waals surface area (Å²) < 4.78 is 2.34. The van der Waals surface area contributed by atoms with Crippen LogP contribution in [-0.4, -0.2) is 51.9 Å². The maximum Gasteiger partial charge on any atom is 0.191 e. The van der Waals surface area contributed by atoms with Gasteiger partial charge in [-0.05, 0) is 37.9 Å². The van der Waals surface area contributed by atoms with E-state index in [2.05, 4.69) is 42.2 Å². The van der Waals surface area contributed by atoms with Gasteiger partial charge in [0.15, 0.2) is 5.96 Å². The van der Waals surface area contributed by atoms with Gasteiger partial charge in [0.2, 0.25) is 0 Å². The van der Waals surface area contributed by atoms with E-state index in [4.69, 9.17) is 0 Å². The van der Waals surface area contributed by atoms with Gasteiger partial charge in [-0.15, -0.1) is 10.2 Å². The molecule has 0 saturated carbocycles. The van der Waals surface area contributed by atoms with Gasteiger partial charge in [0.05, 0.1) is 0 Å². The molecule has 0 amide bonds. The topological polar surface area (TPSA) is 67.1 Å². The summed E-state index contributed by atoms with van der Waals surface area (Å²) in [4.78, 5) is 4.32. The molecule has 3 heterocycles. The number of nitrogens with zero attached hydrogens (tertiary/aromatic N) is 4. The Morgan fingerprint density at radius 2 is 2.21 bits per heavy atom. The molecule has 0 bridgehead atoms.